The van der Waals surface area contributed by atoms with E-state index in [0.29, 0.717) is 49.0 Å². The Labute approximate surface area is 210 Å². The minimum Gasteiger partial charge on any atom is -0.495 e. The van der Waals surface area contributed by atoms with Crippen LogP contribution in [0.25, 0.3) is 0 Å². The number of amides is 3. The molecule has 0 radical (unpaired) electrons. The van der Waals surface area contributed by atoms with Gasteiger partial charge in [0.1, 0.15) is 5.75 Å². The molecular formula is C27H31N5O4. The molecule has 9 nitrogen and oxygen atoms in total. The van der Waals surface area contributed by atoms with Crippen LogP contribution in [0.2, 0.25) is 0 Å². The predicted octanol–water partition coefficient (Wildman–Crippen LogP) is 3.73. The lowest BCUT2D eigenvalue weighted by Crippen LogP contribution is -2.50. The number of aryl methyl sites for hydroxylation is 2. The van der Waals surface area contributed by atoms with Crippen molar-refractivity contribution in [2.24, 2.45) is 0 Å². The van der Waals surface area contributed by atoms with E-state index in [9.17, 15) is 14.7 Å². The van der Waals surface area contributed by atoms with Crippen LogP contribution in [0.3, 0.4) is 0 Å². The quantitative estimate of drug-likeness (QED) is 0.487. The van der Waals surface area contributed by atoms with Gasteiger partial charge in [0.25, 0.3) is 5.91 Å². The Morgan fingerprint density at radius 2 is 1.72 bits per heavy atom. The molecule has 9 heteroatoms. The van der Waals surface area contributed by atoms with Crippen LogP contribution in [0.1, 0.15) is 22.9 Å². The molecule has 1 atom stereocenters. The van der Waals surface area contributed by atoms with Gasteiger partial charge in [-0.05, 0) is 67.4 Å². The Morgan fingerprint density at radius 1 is 1.00 bits per heavy atom. The summed E-state index contributed by atoms with van der Waals surface area (Å²) in [5.41, 5.74) is 4.45. The molecule has 1 aromatic heterocycles. The molecule has 2 heterocycles. The average molecular weight is 490 g/mol. The fraction of sp³-hybridized carbons (Fsp3) is 0.296. The van der Waals surface area contributed by atoms with Gasteiger partial charge in [-0.25, -0.2) is 4.79 Å². The smallest absolute Gasteiger partial charge is 0.323 e. The topological polar surface area (TPSA) is 107 Å². The molecule has 2 aromatic carbocycles. The minimum atomic E-state index is -1.26. The predicted molar refractivity (Wildman–Crippen MR) is 140 cm³/mol. The van der Waals surface area contributed by atoms with Gasteiger partial charge in [-0.15, -0.1) is 0 Å². The number of ether oxygens (including phenoxy) is 1. The average Bonchev–Trinajstić information content (AvgIpc) is 2.89. The SMILES string of the molecule is COc1ccc(C)cc1NC(=O)Nc1ccc(N2CCN(C(=O)C(O)c3ncccc3C)CC2)cc1. The number of benzene rings is 2. The summed E-state index contributed by atoms with van der Waals surface area (Å²) in [5, 5.41) is 16.2. The van der Waals surface area contributed by atoms with E-state index in [1.807, 2.05) is 62.4 Å². The van der Waals surface area contributed by atoms with E-state index in [1.54, 1.807) is 24.3 Å². The molecule has 3 aromatic rings. The first-order valence-electron chi connectivity index (χ1n) is 11.8. The van der Waals surface area contributed by atoms with Crippen molar-refractivity contribution in [1.29, 1.82) is 0 Å². The van der Waals surface area contributed by atoms with E-state index in [1.165, 1.54) is 0 Å². The summed E-state index contributed by atoms with van der Waals surface area (Å²) in [6, 6.07) is 16.4. The summed E-state index contributed by atoms with van der Waals surface area (Å²) >= 11 is 0. The molecule has 0 bridgehead atoms. The van der Waals surface area contributed by atoms with Gasteiger partial charge in [-0.3, -0.25) is 9.78 Å². The number of aliphatic hydroxyl groups is 1. The summed E-state index contributed by atoms with van der Waals surface area (Å²) in [7, 11) is 1.56. The second-order valence-corrected chi connectivity index (χ2v) is 8.75. The highest BCUT2D eigenvalue weighted by Crippen LogP contribution is 2.26. The number of rotatable bonds is 6. The number of aliphatic hydroxyl groups excluding tert-OH is 1. The summed E-state index contributed by atoms with van der Waals surface area (Å²) in [5.74, 6) is 0.263. The van der Waals surface area contributed by atoms with Gasteiger partial charge in [0.15, 0.2) is 6.10 Å². The Balaban J connectivity index is 1.31. The summed E-state index contributed by atoms with van der Waals surface area (Å²) in [4.78, 5) is 33.3. The van der Waals surface area contributed by atoms with E-state index in [0.717, 1.165) is 16.8 Å². The second kappa shape index (κ2) is 11.1. The Kier molecular flexibility index (Phi) is 7.70. The van der Waals surface area contributed by atoms with Crippen LogP contribution < -0.4 is 20.3 Å². The molecule has 1 unspecified atom stereocenters. The second-order valence-electron chi connectivity index (χ2n) is 8.75. The monoisotopic (exact) mass is 489 g/mol. The maximum Gasteiger partial charge on any atom is 0.323 e. The van der Waals surface area contributed by atoms with Crippen LogP contribution in [-0.2, 0) is 4.79 Å². The van der Waals surface area contributed by atoms with E-state index in [2.05, 4.69) is 20.5 Å². The standard InChI is InChI=1S/C27H31N5O4/c1-18-6-11-23(36-3)22(17-18)30-27(35)29-20-7-9-21(10-8-20)31-13-15-32(16-14-31)26(34)25(33)24-19(2)5-4-12-28-24/h4-12,17,25,33H,13-16H2,1-3H3,(H2,29,30,35). The molecule has 4 rings (SSSR count). The number of piperazine rings is 1. The molecule has 1 fully saturated rings. The number of carbonyl (C=O) groups is 2. The minimum absolute atomic E-state index is 0.327. The molecular weight excluding hydrogens is 458 g/mol. The number of pyridine rings is 1. The highest BCUT2D eigenvalue weighted by molar-refractivity contribution is 6.00. The van der Waals surface area contributed by atoms with E-state index >= 15 is 0 Å². The van der Waals surface area contributed by atoms with Gasteiger partial charge in [0.05, 0.1) is 18.5 Å². The zero-order valence-corrected chi connectivity index (χ0v) is 20.7. The first-order valence-corrected chi connectivity index (χ1v) is 11.8. The number of aromatic nitrogens is 1. The first-order chi connectivity index (χ1) is 17.4. The molecule has 188 valence electrons. The number of nitrogens with one attached hydrogen (secondary N) is 2. The molecule has 1 aliphatic heterocycles. The lowest BCUT2D eigenvalue weighted by atomic mass is 10.1. The number of nitrogens with zero attached hydrogens (tertiary/aromatic N) is 3. The maximum absolute atomic E-state index is 12.8. The molecule has 0 saturated carbocycles. The van der Waals surface area contributed by atoms with Crippen molar-refractivity contribution in [3.63, 3.8) is 0 Å². The van der Waals surface area contributed by atoms with E-state index in [-0.39, 0.29) is 11.9 Å². The Bertz CT molecular complexity index is 1220. The fourth-order valence-corrected chi connectivity index (χ4v) is 4.22. The molecule has 0 aliphatic carbocycles. The number of hydrogen-bond acceptors (Lipinski definition) is 6. The Hall–Kier alpha value is -4.11. The third-order valence-corrected chi connectivity index (χ3v) is 6.23. The van der Waals surface area contributed by atoms with Gasteiger partial charge in [-0.1, -0.05) is 12.1 Å². The highest BCUT2D eigenvalue weighted by atomic mass is 16.5. The van der Waals surface area contributed by atoms with E-state index < -0.39 is 6.10 Å². The van der Waals surface area contributed by atoms with Gasteiger partial charge in [-0.2, -0.15) is 0 Å². The van der Waals surface area contributed by atoms with Crippen molar-refractivity contribution >= 4 is 29.0 Å². The van der Waals surface area contributed by atoms with Gasteiger partial charge >= 0.3 is 6.03 Å². The van der Waals surface area contributed by atoms with Crippen LogP contribution in [0.15, 0.2) is 60.8 Å². The van der Waals surface area contributed by atoms with Crippen LogP contribution in [0.5, 0.6) is 5.75 Å². The summed E-state index contributed by atoms with van der Waals surface area (Å²) in [6.45, 7) is 6.06. The molecule has 1 aliphatic rings. The highest BCUT2D eigenvalue weighted by Gasteiger charge is 2.28. The van der Waals surface area contributed by atoms with Crippen LogP contribution in [-0.4, -0.2) is 60.2 Å². The lowest BCUT2D eigenvalue weighted by Gasteiger charge is -2.37. The maximum atomic E-state index is 12.8. The zero-order chi connectivity index (χ0) is 25.7. The Morgan fingerprint density at radius 3 is 2.39 bits per heavy atom. The molecule has 1 saturated heterocycles. The van der Waals surface area contributed by atoms with Crippen molar-refractivity contribution in [3.05, 3.63) is 77.6 Å². The number of anilines is 3. The largest absolute Gasteiger partial charge is 0.495 e. The van der Waals surface area contributed by atoms with Gasteiger partial charge in [0.2, 0.25) is 0 Å². The lowest BCUT2D eigenvalue weighted by molar-refractivity contribution is -0.141. The van der Waals surface area contributed by atoms with Gasteiger partial charge in [0, 0.05) is 43.8 Å². The van der Waals surface area contributed by atoms with Crippen molar-refractivity contribution in [2.45, 2.75) is 20.0 Å². The van der Waals surface area contributed by atoms with Crippen LogP contribution in [0, 0.1) is 13.8 Å². The number of carbonyl (C=O) groups excluding carboxylic acids is 2. The number of methoxy groups -OCH3 is 1. The normalized spacial score (nSPS) is 14.2. The van der Waals surface area contributed by atoms with E-state index in [4.69, 9.17) is 4.74 Å². The molecule has 0 spiro atoms. The summed E-state index contributed by atoms with van der Waals surface area (Å²) < 4.78 is 5.31. The first kappa shape index (κ1) is 25.0. The molecule has 3 N–H and O–H groups in total. The van der Waals surface area contributed by atoms with Crippen molar-refractivity contribution in [3.8, 4) is 5.75 Å². The fourth-order valence-electron chi connectivity index (χ4n) is 4.22. The van der Waals surface area contributed by atoms with Crippen LogP contribution in [0.4, 0.5) is 21.9 Å². The summed E-state index contributed by atoms with van der Waals surface area (Å²) in [6.07, 6.45) is 0.326. The molecule has 3 amide bonds. The van der Waals surface area contributed by atoms with Gasteiger partial charge < -0.3 is 30.3 Å². The third-order valence-electron chi connectivity index (χ3n) is 6.23. The van der Waals surface area contributed by atoms with Crippen molar-refractivity contribution < 1.29 is 19.4 Å². The van der Waals surface area contributed by atoms with Crippen molar-refractivity contribution in [1.82, 2.24) is 9.88 Å². The van der Waals surface area contributed by atoms with Crippen molar-refractivity contribution in [2.75, 3.05) is 48.8 Å². The molecule has 36 heavy (non-hydrogen) atoms. The zero-order valence-electron chi connectivity index (χ0n) is 20.7. The third kappa shape index (κ3) is 5.75. The van der Waals surface area contributed by atoms with Crippen LogP contribution >= 0.6 is 0 Å². The number of hydrogen-bond donors (Lipinski definition) is 3. The number of urea groups is 1.